The molecule has 3 nitrogen and oxygen atoms in total. The second kappa shape index (κ2) is 7.21. The normalized spacial score (nSPS) is 10.8. The number of hydrogen-bond donors (Lipinski definition) is 0. The molecule has 0 spiro atoms. The largest absolute Gasteiger partial charge is 0.299 e. The summed E-state index contributed by atoms with van der Waals surface area (Å²) in [6, 6.07) is 10.5. The molecule has 3 heteroatoms. The molecule has 0 fully saturated rings. The van der Waals surface area contributed by atoms with Crippen LogP contribution in [0.15, 0.2) is 30.3 Å². The Bertz CT molecular complexity index is 596. The summed E-state index contributed by atoms with van der Waals surface area (Å²) >= 11 is 0. The minimum absolute atomic E-state index is 0.285. The monoisotopic (exact) mass is 284 g/mol. The van der Waals surface area contributed by atoms with Gasteiger partial charge in [-0.15, -0.1) is 0 Å². The van der Waals surface area contributed by atoms with Crippen LogP contribution in [0, 0.1) is 6.92 Å². The average molecular weight is 284 g/mol. The lowest BCUT2D eigenvalue weighted by Gasteiger charge is -2.04. The smallest absolute Gasteiger partial charge is 0.139 e. The zero-order valence-corrected chi connectivity index (χ0v) is 13.2. The number of rotatable bonds is 7. The number of nitrogens with zero attached hydrogens (tertiary/aromatic N) is 2. The summed E-state index contributed by atoms with van der Waals surface area (Å²) in [4.78, 5) is 12.2. The third-order valence-corrected chi connectivity index (χ3v) is 3.77. The summed E-state index contributed by atoms with van der Waals surface area (Å²) in [5.74, 6) is 0.285. The van der Waals surface area contributed by atoms with E-state index in [0.717, 1.165) is 30.8 Å². The van der Waals surface area contributed by atoms with Gasteiger partial charge in [-0.25, -0.2) is 0 Å². The Balaban J connectivity index is 1.92. The number of Topliss-reactive ketones (excluding diaryl/α,β-unsaturated/α-hetero) is 1. The highest BCUT2D eigenvalue weighted by Gasteiger charge is 2.10. The zero-order valence-electron chi connectivity index (χ0n) is 13.2. The Hall–Kier alpha value is -1.90. The molecular weight excluding hydrogens is 260 g/mol. The van der Waals surface area contributed by atoms with Crippen molar-refractivity contribution in [3.8, 4) is 0 Å². The van der Waals surface area contributed by atoms with Gasteiger partial charge in [-0.2, -0.15) is 5.10 Å². The molecule has 0 bridgehead atoms. The van der Waals surface area contributed by atoms with Gasteiger partial charge in [0.25, 0.3) is 0 Å². The number of aryl methyl sites for hydroxylation is 4. The van der Waals surface area contributed by atoms with Gasteiger partial charge in [0.15, 0.2) is 0 Å². The van der Waals surface area contributed by atoms with Crippen molar-refractivity contribution in [3.05, 3.63) is 52.8 Å². The van der Waals surface area contributed by atoms with Gasteiger partial charge in [0.2, 0.25) is 0 Å². The molecule has 1 heterocycles. The van der Waals surface area contributed by atoms with E-state index in [4.69, 9.17) is 0 Å². The summed E-state index contributed by atoms with van der Waals surface area (Å²) in [5.41, 5.74) is 4.60. The zero-order chi connectivity index (χ0) is 15.2. The molecule has 2 aromatic rings. The van der Waals surface area contributed by atoms with Crippen LogP contribution in [0.4, 0.5) is 0 Å². The van der Waals surface area contributed by atoms with Gasteiger partial charge in [-0.05, 0) is 38.3 Å². The van der Waals surface area contributed by atoms with E-state index in [1.807, 2.05) is 4.68 Å². The molecule has 112 valence electrons. The number of carbonyl (C=O) groups is 1. The van der Waals surface area contributed by atoms with Crippen molar-refractivity contribution in [3.63, 3.8) is 0 Å². The number of hydrogen-bond acceptors (Lipinski definition) is 2. The number of benzene rings is 1. The van der Waals surface area contributed by atoms with Gasteiger partial charge in [0.1, 0.15) is 5.78 Å². The summed E-state index contributed by atoms with van der Waals surface area (Å²) in [5, 5.41) is 4.49. The van der Waals surface area contributed by atoms with Crippen LogP contribution < -0.4 is 0 Å². The highest BCUT2D eigenvalue weighted by atomic mass is 16.1. The first-order valence-electron chi connectivity index (χ1n) is 7.75. The minimum Gasteiger partial charge on any atom is -0.299 e. The van der Waals surface area contributed by atoms with Crippen LogP contribution in [-0.2, 0) is 30.6 Å². The summed E-state index contributed by atoms with van der Waals surface area (Å²) in [6.45, 7) is 7.05. The number of aromatic nitrogens is 2. The second-order valence-electron chi connectivity index (χ2n) is 5.50. The quantitative estimate of drug-likeness (QED) is 0.779. The van der Waals surface area contributed by atoms with Crippen LogP contribution in [0.2, 0.25) is 0 Å². The topological polar surface area (TPSA) is 34.9 Å². The van der Waals surface area contributed by atoms with Gasteiger partial charge in [-0.3, -0.25) is 9.48 Å². The molecule has 0 aliphatic heterocycles. The molecular formula is C18H24N2O. The number of carbonyl (C=O) groups excluding carboxylic acids is 1. The Labute approximate surface area is 127 Å². The third kappa shape index (κ3) is 4.28. The standard InChI is InChI=1S/C18H24N2O/c1-4-16-12-17(20(5-2)19-16)13-18(21)11-10-15-8-6-14(3)7-9-15/h6-9,12H,4-5,10-11,13H2,1-3H3. The van der Waals surface area contributed by atoms with E-state index in [9.17, 15) is 4.79 Å². The second-order valence-corrected chi connectivity index (χ2v) is 5.50. The van der Waals surface area contributed by atoms with E-state index in [1.165, 1.54) is 11.1 Å². The van der Waals surface area contributed by atoms with Crippen LogP contribution in [0.5, 0.6) is 0 Å². The Kier molecular flexibility index (Phi) is 5.32. The maximum atomic E-state index is 12.2. The van der Waals surface area contributed by atoms with Gasteiger partial charge < -0.3 is 0 Å². The fourth-order valence-electron chi connectivity index (χ4n) is 2.43. The highest BCUT2D eigenvalue weighted by molar-refractivity contribution is 5.80. The van der Waals surface area contributed by atoms with E-state index >= 15 is 0 Å². The molecule has 2 rings (SSSR count). The molecule has 1 aromatic carbocycles. The predicted octanol–water partition coefficient (Wildman–Crippen LogP) is 3.52. The average Bonchev–Trinajstić information content (AvgIpc) is 2.89. The van der Waals surface area contributed by atoms with Crippen molar-refractivity contribution in [2.24, 2.45) is 0 Å². The van der Waals surface area contributed by atoms with E-state index < -0.39 is 0 Å². The Morgan fingerprint density at radius 2 is 1.90 bits per heavy atom. The van der Waals surface area contributed by atoms with E-state index in [1.54, 1.807) is 0 Å². The summed E-state index contributed by atoms with van der Waals surface area (Å²) in [6.07, 6.45) is 2.82. The van der Waals surface area contributed by atoms with Gasteiger partial charge in [0, 0.05) is 25.1 Å². The first-order chi connectivity index (χ1) is 10.1. The SMILES string of the molecule is CCc1cc(CC(=O)CCc2ccc(C)cc2)n(CC)n1. The maximum absolute atomic E-state index is 12.2. The molecule has 0 saturated carbocycles. The minimum atomic E-state index is 0.285. The molecule has 0 N–H and O–H groups in total. The fraction of sp³-hybridized carbons (Fsp3) is 0.444. The Morgan fingerprint density at radius 3 is 2.52 bits per heavy atom. The molecule has 0 aliphatic rings. The fourth-order valence-corrected chi connectivity index (χ4v) is 2.43. The first-order valence-corrected chi connectivity index (χ1v) is 7.75. The highest BCUT2D eigenvalue weighted by Crippen LogP contribution is 2.10. The van der Waals surface area contributed by atoms with E-state index in [-0.39, 0.29) is 5.78 Å². The molecule has 0 unspecified atom stereocenters. The molecule has 21 heavy (non-hydrogen) atoms. The van der Waals surface area contributed by atoms with Crippen molar-refractivity contribution in [1.29, 1.82) is 0 Å². The van der Waals surface area contributed by atoms with Gasteiger partial charge >= 0.3 is 0 Å². The van der Waals surface area contributed by atoms with Crippen LogP contribution >= 0.6 is 0 Å². The van der Waals surface area contributed by atoms with Crippen LogP contribution in [-0.4, -0.2) is 15.6 Å². The summed E-state index contributed by atoms with van der Waals surface area (Å²) < 4.78 is 1.95. The molecule has 1 aromatic heterocycles. The molecule has 0 atom stereocenters. The predicted molar refractivity (Wildman–Crippen MR) is 85.5 cm³/mol. The number of ketones is 1. The van der Waals surface area contributed by atoms with Gasteiger partial charge in [-0.1, -0.05) is 36.8 Å². The van der Waals surface area contributed by atoms with Crippen molar-refractivity contribution < 1.29 is 4.79 Å². The lowest BCUT2D eigenvalue weighted by atomic mass is 10.0. The molecule has 0 radical (unpaired) electrons. The van der Waals surface area contributed by atoms with E-state index in [2.05, 4.69) is 56.2 Å². The first kappa shape index (κ1) is 15.5. The molecule has 0 amide bonds. The van der Waals surface area contributed by atoms with Crippen LogP contribution in [0.1, 0.15) is 42.8 Å². The van der Waals surface area contributed by atoms with Crippen molar-refractivity contribution in [1.82, 2.24) is 9.78 Å². The maximum Gasteiger partial charge on any atom is 0.139 e. The van der Waals surface area contributed by atoms with Crippen LogP contribution in [0.25, 0.3) is 0 Å². The van der Waals surface area contributed by atoms with Crippen molar-refractivity contribution in [2.45, 2.75) is 53.0 Å². The third-order valence-electron chi connectivity index (χ3n) is 3.77. The van der Waals surface area contributed by atoms with E-state index in [0.29, 0.717) is 12.8 Å². The summed E-state index contributed by atoms with van der Waals surface area (Å²) in [7, 11) is 0. The van der Waals surface area contributed by atoms with Crippen LogP contribution in [0.3, 0.4) is 0 Å². The van der Waals surface area contributed by atoms with Gasteiger partial charge in [0.05, 0.1) is 5.69 Å². The lowest BCUT2D eigenvalue weighted by Crippen LogP contribution is -2.10. The van der Waals surface area contributed by atoms with Crippen molar-refractivity contribution in [2.75, 3.05) is 0 Å². The lowest BCUT2D eigenvalue weighted by molar-refractivity contribution is -0.118. The Morgan fingerprint density at radius 1 is 1.19 bits per heavy atom. The molecule has 0 aliphatic carbocycles. The van der Waals surface area contributed by atoms with Crippen molar-refractivity contribution >= 4 is 5.78 Å². The molecule has 0 saturated heterocycles.